The molecule has 20 heavy (non-hydrogen) atoms. The SMILES string of the molecule is COc1ccc2c(c1)N(O)C(=C1C=CC(=N)C=C1)C2=O. The zero-order valence-electron chi connectivity index (χ0n) is 10.8. The van der Waals surface area contributed by atoms with E-state index in [1.54, 1.807) is 42.5 Å². The van der Waals surface area contributed by atoms with E-state index in [1.807, 2.05) is 0 Å². The fourth-order valence-electron chi connectivity index (χ4n) is 2.23. The van der Waals surface area contributed by atoms with Crippen molar-refractivity contribution in [1.82, 2.24) is 0 Å². The third-order valence-corrected chi connectivity index (χ3v) is 3.26. The minimum Gasteiger partial charge on any atom is -0.497 e. The predicted octanol–water partition coefficient (Wildman–Crippen LogP) is 2.49. The Labute approximate surface area is 115 Å². The van der Waals surface area contributed by atoms with Gasteiger partial charge in [0.25, 0.3) is 0 Å². The third kappa shape index (κ3) is 1.76. The van der Waals surface area contributed by atoms with Crippen molar-refractivity contribution in [3.63, 3.8) is 0 Å². The number of ketones is 1. The minimum atomic E-state index is -0.247. The van der Waals surface area contributed by atoms with Gasteiger partial charge in [0.15, 0.2) is 0 Å². The van der Waals surface area contributed by atoms with Crippen molar-refractivity contribution >= 4 is 17.2 Å². The van der Waals surface area contributed by atoms with Crippen LogP contribution in [-0.4, -0.2) is 23.8 Å². The topological polar surface area (TPSA) is 73.6 Å². The van der Waals surface area contributed by atoms with Crippen LogP contribution in [0.15, 0.2) is 53.8 Å². The first-order valence-corrected chi connectivity index (χ1v) is 6.02. The van der Waals surface area contributed by atoms with Gasteiger partial charge >= 0.3 is 0 Å². The van der Waals surface area contributed by atoms with E-state index in [0.717, 1.165) is 5.06 Å². The second kappa shape index (κ2) is 4.47. The van der Waals surface area contributed by atoms with Crippen LogP contribution in [0.5, 0.6) is 5.75 Å². The van der Waals surface area contributed by atoms with Gasteiger partial charge in [-0.05, 0) is 24.3 Å². The standard InChI is InChI=1S/C15H12N2O3/c1-20-11-6-7-12-13(8-11)17(19)14(15(12)18)9-2-4-10(16)5-3-9/h2-8,16,19H,1H3. The summed E-state index contributed by atoms with van der Waals surface area (Å²) in [5.41, 5.74) is 1.94. The molecule has 3 rings (SSSR count). The summed E-state index contributed by atoms with van der Waals surface area (Å²) < 4.78 is 5.10. The molecular formula is C15H12N2O3. The number of allylic oxidation sites excluding steroid dienone is 6. The molecule has 5 heteroatoms. The number of ether oxygens (including phenoxy) is 1. The highest BCUT2D eigenvalue weighted by Gasteiger charge is 2.33. The van der Waals surface area contributed by atoms with Crippen molar-refractivity contribution in [3.05, 3.63) is 59.3 Å². The van der Waals surface area contributed by atoms with Gasteiger partial charge < -0.3 is 10.1 Å². The number of Topliss-reactive ketones (excluding diaryl/α,β-unsaturated/α-hetero) is 1. The number of nitrogens with zero attached hydrogens (tertiary/aromatic N) is 1. The zero-order valence-corrected chi connectivity index (χ0v) is 10.8. The summed E-state index contributed by atoms with van der Waals surface area (Å²) in [6.45, 7) is 0. The van der Waals surface area contributed by atoms with E-state index in [0.29, 0.717) is 28.3 Å². The average molecular weight is 268 g/mol. The lowest BCUT2D eigenvalue weighted by Gasteiger charge is -2.14. The van der Waals surface area contributed by atoms with E-state index >= 15 is 0 Å². The highest BCUT2D eigenvalue weighted by Crippen LogP contribution is 2.37. The van der Waals surface area contributed by atoms with Crippen molar-refractivity contribution in [2.75, 3.05) is 12.2 Å². The molecule has 0 amide bonds. The molecule has 0 spiro atoms. The summed E-state index contributed by atoms with van der Waals surface area (Å²) in [5.74, 6) is 0.321. The maximum absolute atomic E-state index is 12.4. The van der Waals surface area contributed by atoms with E-state index in [1.165, 1.54) is 7.11 Å². The van der Waals surface area contributed by atoms with Crippen LogP contribution in [0.25, 0.3) is 0 Å². The molecule has 0 saturated carbocycles. The molecule has 0 atom stereocenters. The third-order valence-electron chi connectivity index (χ3n) is 3.26. The molecule has 1 heterocycles. The molecule has 0 saturated heterocycles. The van der Waals surface area contributed by atoms with E-state index in [2.05, 4.69) is 0 Å². The van der Waals surface area contributed by atoms with Gasteiger partial charge in [-0.3, -0.25) is 10.0 Å². The van der Waals surface area contributed by atoms with Crippen LogP contribution in [0.1, 0.15) is 10.4 Å². The van der Waals surface area contributed by atoms with E-state index < -0.39 is 0 Å². The molecule has 2 aliphatic rings. The first-order valence-electron chi connectivity index (χ1n) is 6.02. The molecule has 1 aliphatic heterocycles. The van der Waals surface area contributed by atoms with Gasteiger partial charge in [-0.25, -0.2) is 5.06 Å². The normalized spacial score (nSPS) is 17.0. The van der Waals surface area contributed by atoms with Crippen LogP contribution < -0.4 is 9.80 Å². The fraction of sp³-hybridized carbons (Fsp3) is 0.0667. The largest absolute Gasteiger partial charge is 0.497 e. The van der Waals surface area contributed by atoms with Gasteiger partial charge in [0.2, 0.25) is 5.78 Å². The van der Waals surface area contributed by atoms with Crippen LogP contribution in [0, 0.1) is 5.41 Å². The van der Waals surface area contributed by atoms with E-state index in [9.17, 15) is 10.0 Å². The summed E-state index contributed by atoms with van der Waals surface area (Å²) in [6, 6.07) is 4.92. The molecule has 100 valence electrons. The Morgan fingerprint density at radius 1 is 1.20 bits per heavy atom. The van der Waals surface area contributed by atoms with Crippen molar-refractivity contribution in [2.24, 2.45) is 0 Å². The van der Waals surface area contributed by atoms with E-state index in [-0.39, 0.29) is 11.5 Å². The predicted molar refractivity (Wildman–Crippen MR) is 74.6 cm³/mol. The Balaban J connectivity index is 2.12. The number of hydrogen-bond acceptors (Lipinski definition) is 5. The number of fused-ring (bicyclic) bond motifs is 1. The molecule has 5 nitrogen and oxygen atoms in total. The number of hydrogen-bond donors (Lipinski definition) is 2. The van der Waals surface area contributed by atoms with Crippen molar-refractivity contribution in [2.45, 2.75) is 0 Å². The molecule has 0 aromatic heterocycles. The molecular weight excluding hydrogens is 256 g/mol. The first-order chi connectivity index (χ1) is 9.61. The van der Waals surface area contributed by atoms with Crippen LogP contribution in [-0.2, 0) is 0 Å². The maximum atomic E-state index is 12.4. The Morgan fingerprint density at radius 2 is 1.90 bits per heavy atom. The molecule has 1 aromatic carbocycles. The smallest absolute Gasteiger partial charge is 0.214 e. The molecule has 0 unspecified atom stereocenters. The van der Waals surface area contributed by atoms with Gasteiger partial charge in [0, 0.05) is 11.6 Å². The van der Waals surface area contributed by atoms with Crippen LogP contribution >= 0.6 is 0 Å². The number of hydroxylamine groups is 1. The van der Waals surface area contributed by atoms with Gasteiger partial charge in [-0.2, -0.15) is 0 Å². The van der Waals surface area contributed by atoms with Gasteiger partial charge in [0.1, 0.15) is 11.4 Å². The Morgan fingerprint density at radius 3 is 2.55 bits per heavy atom. The first kappa shape index (κ1) is 12.4. The number of nitrogens with one attached hydrogen (secondary N) is 1. The Kier molecular flexibility index (Phi) is 2.76. The number of benzene rings is 1. The summed E-state index contributed by atoms with van der Waals surface area (Å²) >= 11 is 0. The molecule has 2 N–H and O–H groups in total. The lowest BCUT2D eigenvalue weighted by atomic mass is 10.0. The highest BCUT2D eigenvalue weighted by molar-refractivity contribution is 6.20. The van der Waals surface area contributed by atoms with Gasteiger partial charge in [-0.1, -0.05) is 12.2 Å². The second-order valence-corrected chi connectivity index (χ2v) is 4.45. The number of anilines is 1. The number of carbonyl (C=O) groups excluding carboxylic acids is 1. The highest BCUT2D eigenvalue weighted by atomic mass is 16.5. The van der Waals surface area contributed by atoms with Crippen LogP contribution in [0.4, 0.5) is 5.69 Å². The Hall–Kier alpha value is -2.66. The maximum Gasteiger partial charge on any atom is 0.214 e. The minimum absolute atomic E-state index is 0.188. The molecule has 0 radical (unpaired) electrons. The van der Waals surface area contributed by atoms with Crippen LogP contribution in [0.3, 0.4) is 0 Å². The lowest BCUT2D eigenvalue weighted by molar-refractivity contribution is 0.102. The molecule has 0 bridgehead atoms. The summed E-state index contributed by atoms with van der Waals surface area (Å²) in [6.07, 6.45) is 6.43. The Bertz CT molecular complexity index is 696. The van der Waals surface area contributed by atoms with Crippen molar-refractivity contribution in [3.8, 4) is 5.75 Å². The fourth-order valence-corrected chi connectivity index (χ4v) is 2.23. The van der Waals surface area contributed by atoms with Crippen molar-refractivity contribution < 1.29 is 14.7 Å². The summed E-state index contributed by atoms with van der Waals surface area (Å²) in [4.78, 5) is 12.4. The zero-order chi connectivity index (χ0) is 14.3. The number of carbonyl (C=O) groups is 1. The van der Waals surface area contributed by atoms with E-state index in [4.69, 9.17) is 10.1 Å². The number of methoxy groups -OCH3 is 1. The van der Waals surface area contributed by atoms with Gasteiger partial charge in [0.05, 0.1) is 24.1 Å². The summed E-state index contributed by atoms with van der Waals surface area (Å²) in [7, 11) is 1.53. The average Bonchev–Trinajstić information content (AvgIpc) is 2.72. The van der Waals surface area contributed by atoms with Gasteiger partial charge in [-0.15, -0.1) is 0 Å². The summed E-state index contributed by atoms with van der Waals surface area (Å²) in [5, 5.41) is 18.6. The monoisotopic (exact) mass is 268 g/mol. The quantitative estimate of drug-likeness (QED) is 0.767. The lowest BCUT2D eigenvalue weighted by Crippen LogP contribution is -2.17. The van der Waals surface area contributed by atoms with Crippen molar-refractivity contribution in [1.29, 1.82) is 5.41 Å². The molecule has 1 aliphatic carbocycles. The molecule has 1 aromatic rings. The number of rotatable bonds is 1. The van der Waals surface area contributed by atoms with Crippen LogP contribution in [0.2, 0.25) is 0 Å². The molecule has 0 fully saturated rings. The second-order valence-electron chi connectivity index (χ2n) is 4.45.